The fourth-order valence-electron chi connectivity index (χ4n) is 1.43. The Morgan fingerprint density at radius 2 is 2.44 bits per heavy atom. The Hall–Kier alpha value is -2.09. The number of rotatable bonds is 4. The molecule has 0 bridgehead atoms. The number of hydrogen-bond donors (Lipinski definition) is 3. The zero-order valence-electron chi connectivity index (χ0n) is 9.77. The van der Waals surface area contributed by atoms with Crippen molar-refractivity contribution in [2.75, 3.05) is 5.73 Å². The molecule has 2 aromatic heterocycles. The van der Waals surface area contributed by atoms with Gasteiger partial charge in [-0.15, -0.1) is 0 Å². The summed E-state index contributed by atoms with van der Waals surface area (Å²) in [6.45, 7) is 2.80. The van der Waals surface area contributed by atoms with E-state index in [0.717, 1.165) is 11.3 Å². The van der Waals surface area contributed by atoms with Crippen molar-refractivity contribution in [1.29, 1.82) is 0 Å². The van der Waals surface area contributed by atoms with Crippen LogP contribution < -0.4 is 15.9 Å². The maximum Gasteiger partial charge on any atom is 0.304 e. The number of thiazole rings is 1. The van der Waals surface area contributed by atoms with Gasteiger partial charge in [0.05, 0.1) is 12.2 Å². The van der Waals surface area contributed by atoms with E-state index in [4.69, 9.17) is 5.73 Å². The third kappa shape index (κ3) is 2.59. The second kappa shape index (κ2) is 5.05. The van der Waals surface area contributed by atoms with Gasteiger partial charge < -0.3 is 16.0 Å². The fraction of sp³-hybridized carbons (Fsp3) is 0.300. The molecule has 0 aliphatic rings. The van der Waals surface area contributed by atoms with E-state index in [0.29, 0.717) is 17.9 Å². The Labute approximate surface area is 107 Å². The van der Waals surface area contributed by atoms with E-state index in [2.05, 4.69) is 15.4 Å². The first-order valence-corrected chi connectivity index (χ1v) is 6.26. The summed E-state index contributed by atoms with van der Waals surface area (Å²) in [5.74, 6) is -0.355. The summed E-state index contributed by atoms with van der Waals surface area (Å²) >= 11 is 1.06. The van der Waals surface area contributed by atoms with Crippen molar-refractivity contribution in [1.82, 2.24) is 20.1 Å². The lowest BCUT2D eigenvalue weighted by molar-refractivity contribution is 0.0945. The summed E-state index contributed by atoms with van der Waals surface area (Å²) in [4.78, 5) is 25.2. The molecule has 0 radical (unpaired) electrons. The average Bonchev–Trinajstić information content (AvgIpc) is 2.92. The van der Waals surface area contributed by atoms with Crippen LogP contribution in [0.3, 0.4) is 0 Å². The van der Waals surface area contributed by atoms with E-state index in [1.54, 1.807) is 16.3 Å². The van der Waals surface area contributed by atoms with E-state index in [9.17, 15) is 9.59 Å². The predicted octanol–water partition coefficient (Wildman–Crippen LogP) is 0.165. The molecule has 0 atom stereocenters. The standard InChI is InChI=1S/C10H13N5O2S/c1-2-15-4-7(11)8(14-15)9(16)12-3-6-5-18-10(17)13-6/h4-5H,2-3,11H2,1H3,(H,12,16)(H,13,17). The van der Waals surface area contributed by atoms with Crippen LogP contribution in [0.15, 0.2) is 16.4 Å². The number of carbonyl (C=O) groups is 1. The molecule has 2 rings (SSSR count). The van der Waals surface area contributed by atoms with E-state index in [1.165, 1.54) is 0 Å². The molecule has 7 nitrogen and oxygen atoms in total. The van der Waals surface area contributed by atoms with Crippen LogP contribution in [0.25, 0.3) is 0 Å². The summed E-state index contributed by atoms with van der Waals surface area (Å²) in [7, 11) is 0. The Balaban J connectivity index is 2.03. The van der Waals surface area contributed by atoms with Crippen molar-refractivity contribution < 1.29 is 4.79 Å². The molecule has 2 heterocycles. The molecule has 8 heteroatoms. The molecular weight excluding hydrogens is 254 g/mol. The van der Waals surface area contributed by atoms with Crippen molar-refractivity contribution in [3.8, 4) is 0 Å². The normalized spacial score (nSPS) is 10.5. The van der Waals surface area contributed by atoms with Gasteiger partial charge in [-0.2, -0.15) is 5.10 Å². The fourth-order valence-corrected chi connectivity index (χ4v) is 2.02. The molecule has 0 unspecified atom stereocenters. The van der Waals surface area contributed by atoms with Crippen LogP contribution in [0.4, 0.5) is 5.69 Å². The van der Waals surface area contributed by atoms with Gasteiger partial charge in [0, 0.05) is 23.8 Å². The molecule has 4 N–H and O–H groups in total. The van der Waals surface area contributed by atoms with Crippen LogP contribution >= 0.6 is 11.3 Å². The number of anilines is 1. The maximum absolute atomic E-state index is 11.8. The lowest BCUT2D eigenvalue weighted by Crippen LogP contribution is -2.24. The third-order valence-electron chi connectivity index (χ3n) is 2.34. The Bertz CT molecular complexity index is 612. The van der Waals surface area contributed by atoms with Crippen LogP contribution in [-0.2, 0) is 13.1 Å². The van der Waals surface area contributed by atoms with Crippen molar-refractivity contribution in [3.05, 3.63) is 32.6 Å². The van der Waals surface area contributed by atoms with Gasteiger partial charge in [-0.1, -0.05) is 11.3 Å². The van der Waals surface area contributed by atoms with Crippen LogP contribution in [0.1, 0.15) is 23.1 Å². The van der Waals surface area contributed by atoms with Crippen molar-refractivity contribution >= 4 is 22.9 Å². The van der Waals surface area contributed by atoms with E-state index in [-0.39, 0.29) is 23.0 Å². The predicted molar refractivity (Wildman–Crippen MR) is 68.4 cm³/mol. The molecule has 0 saturated carbocycles. The number of nitrogens with one attached hydrogen (secondary N) is 2. The molecule has 0 fully saturated rings. The van der Waals surface area contributed by atoms with Crippen LogP contribution in [0, 0.1) is 0 Å². The summed E-state index contributed by atoms with van der Waals surface area (Å²) in [5.41, 5.74) is 6.89. The summed E-state index contributed by atoms with van der Waals surface area (Å²) in [6, 6.07) is 0. The summed E-state index contributed by atoms with van der Waals surface area (Å²) < 4.78 is 1.59. The lowest BCUT2D eigenvalue weighted by Gasteiger charge is -2.01. The highest BCUT2D eigenvalue weighted by molar-refractivity contribution is 7.07. The topological polar surface area (TPSA) is 106 Å². The molecule has 0 aliphatic heterocycles. The number of hydrogen-bond acceptors (Lipinski definition) is 5. The zero-order valence-corrected chi connectivity index (χ0v) is 10.6. The zero-order chi connectivity index (χ0) is 13.1. The molecule has 1 amide bonds. The molecule has 0 saturated heterocycles. The van der Waals surface area contributed by atoms with Gasteiger partial charge in [0.25, 0.3) is 5.91 Å². The van der Waals surface area contributed by atoms with Crippen molar-refractivity contribution in [2.24, 2.45) is 0 Å². The number of aromatic amines is 1. The van der Waals surface area contributed by atoms with Crippen LogP contribution in [0.2, 0.25) is 0 Å². The van der Waals surface area contributed by atoms with E-state index in [1.807, 2.05) is 6.92 Å². The number of carbonyl (C=O) groups excluding carboxylic acids is 1. The highest BCUT2D eigenvalue weighted by Gasteiger charge is 2.14. The van der Waals surface area contributed by atoms with Gasteiger partial charge in [-0.25, -0.2) is 0 Å². The summed E-state index contributed by atoms with van der Waals surface area (Å²) in [5, 5.41) is 8.37. The largest absolute Gasteiger partial charge is 0.396 e. The second-order valence-corrected chi connectivity index (χ2v) is 4.49. The first kappa shape index (κ1) is 12.4. The van der Waals surface area contributed by atoms with Crippen LogP contribution in [-0.4, -0.2) is 20.7 Å². The van der Waals surface area contributed by atoms with Gasteiger partial charge in [-0.05, 0) is 6.92 Å². The maximum atomic E-state index is 11.8. The molecule has 18 heavy (non-hydrogen) atoms. The number of nitrogen functional groups attached to an aromatic ring is 1. The molecule has 96 valence electrons. The van der Waals surface area contributed by atoms with E-state index < -0.39 is 0 Å². The van der Waals surface area contributed by atoms with Gasteiger partial charge >= 0.3 is 4.87 Å². The first-order valence-electron chi connectivity index (χ1n) is 5.38. The van der Waals surface area contributed by atoms with Gasteiger partial charge in [0.2, 0.25) is 0 Å². The van der Waals surface area contributed by atoms with Gasteiger partial charge in [0.15, 0.2) is 5.69 Å². The lowest BCUT2D eigenvalue weighted by atomic mass is 10.3. The number of nitrogens with zero attached hydrogens (tertiary/aromatic N) is 2. The van der Waals surface area contributed by atoms with Gasteiger partial charge in [0.1, 0.15) is 0 Å². The van der Waals surface area contributed by atoms with E-state index >= 15 is 0 Å². The highest BCUT2D eigenvalue weighted by atomic mass is 32.1. The number of amides is 1. The van der Waals surface area contributed by atoms with Crippen LogP contribution in [0.5, 0.6) is 0 Å². The smallest absolute Gasteiger partial charge is 0.304 e. The molecule has 0 spiro atoms. The minimum absolute atomic E-state index is 0.144. The molecule has 0 aromatic carbocycles. The molecule has 2 aromatic rings. The first-order chi connectivity index (χ1) is 8.60. The summed E-state index contributed by atoms with van der Waals surface area (Å²) in [6.07, 6.45) is 1.61. The SMILES string of the molecule is CCn1cc(N)c(C(=O)NCc2csc(=O)[nH]2)n1. The quantitative estimate of drug-likeness (QED) is 0.734. The molecule has 0 aliphatic carbocycles. The Morgan fingerprint density at radius 3 is 3.00 bits per heavy atom. The average molecular weight is 267 g/mol. The Kier molecular flexibility index (Phi) is 3.47. The minimum Gasteiger partial charge on any atom is -0.396 e. The molecular formula is C10H13N5O2S. The number of H-pyrrole nitrogens is 1. The van der Waals surface area contributed by atoms with Crippen molar-refractivity contribution in [2.45, 2.75) is 20.0 Å². The monoisotopic (exact) mass is 267 g/mol. The van der Waals surface area contributed by atoms with Gasteiger partial charge in [-0.3, -0.25) is 14.3 Å². The number of nitrogens with two attached hydrogens (primary N) is 1. The van der Waals surface area contributed by atoms with Crippen molar-refractivity contribution in [3.63, 3.8) is 0 Å². The number of aryl methyl sites for hydroxylation is 1. The third-order valence-corrected chi connectivity index (χ3v) is 3.06. The number of aromatic nitrogens is 3. The Morgan fingerprint density at radius 1 is 1.67 bits per heavy atom. The highest BCUT2D eigenvalue weighted by Crippen LogP contribution is 2.09. The minimum atomic E-state index is -0.355. The second-order valence-electron chi connectivity index (χ2n) is 3.64.